The van der Waals surface area contributed by atoms with Crippen LogP contribution in [0.1, 0.15) is 85.3 Å². The van der Waals surface area contributed by atoms with E-state index in [1.807, 2.05) is 72.9 Å². The van der Waals surface area contributed by atoms with Crippen molar-refractivity contribution in [3.05, 3.63) is 101 Å². The highest BCUT2D eigenvalue weighted by Gasteiger charge is 2.32. The van der Waals surface area contributed by atoms with Gasteiger partial charge in [-0.3, -0.25) is 14.6 Å². The molecule has 1 saturated heterocycles. The number of likely N-dealkylation sites (N-methyl/N-ethyl adjacent to an activating group) is 1. The molecular formula is C35H45N3O6. The van der Waals surface area contributed by atoms with Crippen LogP contribution >= 0.6 is 0 Å². The van der Waals surface area contributed by atoms with Crippen LogP contribution in [0.2, 0.25) is 0 Å². The lowest BCUT2D eigenvalue weighted by atomic mass is 9.99. The first kappa shape index (κ1) is 33.3. The molecule has 9 nitrogen and oxygen atoms in total. The van der Waals surface area contributed by atoms with Crippen LogP contribution in [0, 0.1) is 0 Å². The van der Waals surface area contributed by atoms with Gasteiger partial charge in [0.05, 0.1) is 18.8 Å². The Kier molecular flexibility index (Phi) is 13.3. The maximum absolute atomic E-state index is 12.3. The number of hydrogen-bond acceptors (Lipinski definition) is 7. The summed E-state index contributed by atoms with van der Waals surface area (Å²) in [6, 6.07) is 21.8. The summed E-state index contributed by atoms with van der Waals surface area (Å²) in [4.78, 5) is 29.6. The summed E-state index contributed by atoms with van der Waals surface area (Å²) >= 11 is 0. The lowest BCUT2D eigenvalue weighted by molar-refractivity contribution is -0.252. The number of aliphatic carboxylic acids is 1. The normalized spacial score (nSPS) is 18.3. The van der Waals surface area contributed by atoms with Crippen molar-refractivity contribution >= 4 is 11.9 Å². The fourth-order valence-corrected chi connectivity index (χ4v) is 5.32. The molecule has 9 heteroatoms. The molecule has 3 aromatic rings. The van der Waals surface area contributed by atoms with Gasteiger partial charge in [0.1, 0.15) is 0 Å². The van der Waals surface area contributed by atoms with Gasteiger partial charge in [-0.1, -0.05) is 67.4 Å². The van der Waals surface area contributed by atoms with Crippen LogP contribution in [0.5, 0.6) is 0 Å². The standard InChI is InChI=1S/C35H45N3O6/c1-38(21-19-30-8-6-7-20-36-30)24-31-22-32(28-15-13-27(25-39)14-16-28)44-35(43-31)29-17-11-26(12-18-29)23-37-33(40)9-4-2-3-5-10-34(41)42/h6-8,11-18,20,31-32,35,39H,2-5,9-10,19,21-25H2,1H3,(H,37,40)(H,41,42)/t31-,32+,35+/m1/s1. The minimum atomic E-state index is -0.774. The predicted molar refractivity (Wildman–Crippen MR) is 167 cm³/mol. The van der Waals surface area contributed by atoms with E-state index >= 15 is 0 Å². The third kappa shape index (κ3) is 11.1. The third-order valence-corrected chi connectivity index (χ3v) is 7.89. The second-order valence-electron chi connectivity index (χ2n) is 11.5. The van der Waals surface area contributed by atoms with E-state index in [1.54, 1.807) is 0 Å². The van der Waals surface area contributed by atoms with Crippen LogP contribution < -0.4 is 5.32 Å². The molecule has 2 heterocycles. The van der Waals surface area contributed by atoms with E-state index in [1.165, 1.54) is 0 Å². The first-order valence-corrected chi connectivity index (χ1v) is 15.6. The monoisotopic (exact) mass is 603 g/mol. The summed E-state index contributed by atoms with van der Waals surface area (Å²) in [5.74, 6) is -0.778. The lowest BCUT2D eigenvalue weighted by Crippen LogP contribution is -2.38. The molecule has 1 fully saturated rings. The number of aromatic nitrogens is 1. The van der Waals surface area contributed by atoms with Crippen molar-refractivity contribution in [2.75, 3.05) is 20.1 Å². The Balaban J connectivity index is 1.32. The molecule has 1 amide bonds. The zero-order valence-electron chi connectivity index (χ0n) is 25.6. The molecule has 44 heavy (non-hydrogen) atoms. The maximum atomic E-state index is 12.3. The molecule has 0 saturated carbocycles. The summed E-state index contributed by atoms with van der Waals surface area (Å²) in [6.07, 6.45) is 6.36. The SMILES string of the molecule is CN(CCc1ccccn1)C[C@H]1C[C@@H](c2ccc(CO)cc2)O[C@@H](c2ccc(CNC(=O)CCCCCCC(=O)O)cc2)O1. The Bertz CT molecular complexity index is 1290. The summed E-state index contributed by atoms with van der Waals surface area (Å²) in [5, 5.41) is 21.2. The molecule has 0 spiro atoms. The molecule has 1 aliphatic heterocycles. The minimum absolute atomic E-state index is 0.00261. The molecule has 236 valence electrons. The lowest BCUT2D eigenvalue weighted by Gasteiger charge is -2.38. The van der Waals surface area contributed by atoms with Crippen molar-refractivity contribution in [3.63, 3.8) is 0 Å². The zero-order valence-corrected chi connectivity index (χ0v) is 25.6. The van der Waals surface area contributed by atoms with Gasteiger partial charge in [0.15, 0.2) is 6.29 Å². The number of amides is 1. The third-order valence-electron chi connectivity index (χ3n) is 7.89. The average Bonchev–Trinajstić information content (AvgIpc) is 3.05. The summed E-state index contributed by atoms with van der Waals surface area (Å²) in [6.45, 7) is 2.06. The van der Waals surface area contributed by atoms with Gasteiger partial charge >= 0.3 is 5.97 Å². The topological polar surface area (TPSA) is 121 Å². The highest BCUT2D eigenvalue weighted by molar-refractivity contribution is 5.75. The average molecular weight is 604 g/mol. The van der Waals surface area contributed by atoms with E-state index in [0.717, 1.165) is 66.7 Å². The van der Waals surface area contributed by atoms with Gasteiger partial charge in [-0.15, -0.1) is 0 Å². The number of benzene rings is 2. The van der Waals surface area contributed by atoms with Gasteiger partial charge in [0.25, 0.3) is 0 Å². The van der Waals surface area contributed by atoms with Gasteiger partial charge in [0, 0.05) is 62.8 Å². The number of carboxylic acids is 1. The number of pyridine rings is 1. The van der Waals surface area contributed by atoms with Crippen molar-refractivity contribution < 1.29 is 29.3 Å². The van der Waals surface area contributed by atoms with Crippen LogP contribution in [0.25, 0.3) is 0 Å². The Hall–Kier alpha value is -3.63. The molecular weight excluding hydrogens is 558 g/mol. The first-order chi connectivity index (χ1) is 21.4. The molecule has 3 N–H and O–H groups in total. The van der Waals surface area contributed by atoms with Crippen molar-refractivity contribution in [3.8, 4) is 0 Å². The maximum Gasteiger partial charge on any atom is 0.303 e. The number of aliphatic hydroxyl groups is 1. The van der Waals surface area contributed by atoms with E-state index in [4.69, 9.17) is 14.6 Å². The van der Waals surface area contributed by atoms with Crippen molar-refractivity contribution in [1.82, 2.24) is 15.2 Å². The number of nitrogens with one attached hydrogen (secondary N) is 1. The molecule has 4 rings (SSSR count). The summed E-state index contributed by atoms with van der Waals surface area (Å²) in [5.41, 5.74) is 4.89. The Morgan fingerprint density at radius 1 is 0.909 bits per heavy atom. The largest absolute Gasteiger partial charge is 0.481 e. The quantitative estimate of drug-likeness (QED) is 0.177. The number of ether oxygens (including phenoxy) is 2. The van der Waals surface area contributed by atoms with Gasteiger partial charge in [-0.25, -0.2) is 0 Å². The highest BCUT2D eigenvalue weighted by atomic mass is 16.7. The smallest absolute Gasteiger partial charge is 0.303 e. The molecule has 3 atom stereocenters. The van der Waals surface area contributed by atoms with Crippen molar-refractivity contribution in [1.29, 1.82) is 0 Å². The van der Waals surface area contributed by atoms with Crippen molar-refractivity contribution in [2.24, 2.45) is 0 Å². The van der Waals surface area contributed by atoms with Gasteiger partial charge in [-0.05, 0) is 48.7 Å². The fourth-order valence-electron chi connectivity index (χ4n) is 5.32. The second kappa shape index (κ2) is 17.6. The Morgan fingerprint density at radius 2 is 1.61 bits per heavy atom. The van der Waals surface area contributed by atoms with Crippen LogP contribution in [0.15, 0.2) is 72.9 Å². The van der Waals surface area contributed by atoms with E-state index in [-0.39, 0.29) is 31.1 Å². The number of hydrogen-bond donors (Lipinski definition) is 3. The molecule has 1 aromatic heterocycles. The van der Waals surface area contributed by atoms with Crippen LogP contribution in [-0.4, -0.2) is 58.2 Å². The number of unbranched alkanes of at least 4 members (excludes halogenated alkanes) is 3. The van der Waals surface area contributed by atoms with E-state index < -0.39 is 12.3 Å². The van der Waals surface area contributed by atoms with E-state index in [0.29, 0.717) is 25.8 Å². The minimum Gasteiger partial charge on any atom is -0.481 e. The number of carboxylic acid groups (broad SMARTS) is 1. The molecule has 0 radical (unpaired) electrons. The van der Waals surface area contributed by atoms with Crippen molar-refractivity contribution in [2.45, 2.75) is 83.0 Å². The van der Waals surface area contributed by atoms with E-state index in [2.05, 4.69) is 22.2 Å². The Labute approximate surface area is 260 Å². The molecule has 2 aromatic carbocycles. The number of carbonyl (C=O) groups excluding carboxylic acids is 1. The second-order valence-corrected chi connectivity index (χ2v) is 11.5. The number of nitrogens with zero attached hydrogens (tertiary/aromatic N) is 2. The molecule has 1 aliphatic rings. The molecule has 0 unspecified atom stereocenters. The molecule has 0 bridgehead atoms. The van der Waals surface area contributed by atoms with E-state index in [9.17, 15) is 14.7 Å². The first-order valence-electron chi connectivity index (χ1n) is 15.6. The van der Waals surface area contributed by atoms with Gasteiger partial charge in [-0.2, -0.15) is 0 Å². The summed E-state index contributed by atoms with van der Waals surface area (Å²) in [7, 11) is 2.10. The van der Waals surface area contributed by atoms with Crippen LogP contribution in [0.4, 0.5) is 0 Å². The summed E-state index contributed by atoms with van der Waals surface area (Å²) < 4.78 is 13.0. The highest BCUT2D eigenvalue weighted by Crippen LogP contribution is 2.38. The van der Waals surface area contributed by atoms with Crippen LogP contribution in [-0.2, 0) is 38.6 Å². The fraction of sp³-hybridized carbons (Fsp3) is 0.457. The molecule has 0 aliphatic carbocycles. The van der Waals surface area contributed by atoms with Gasteiger partial charge in [0.2, 0.25) is 5.91 Å². The Morgan fingerprint density at radius 3 is 2.30 bits per heavy atom. The number of aliphatic hydroxyl groups excluding tert-OH is 1. The number of rotatable bonds is 17. The van der Waals surface area contributed by atoms with Crippen LogP contribution in [0.3, 0.4) is 0 Å². The predicted octanol–water partition coefficient (Wildman–Crippen LogP) is 5.34. The van der Waals surface area contributed by atoms with Gasteiger partial charge < -0.3 is 29.9 Å². The number of carbonyl (C=O) groups is 2. The zero-order chi connectivity index (χ0) is 31.1.